The van der Waals surface area contributed by atoms with Crippen LogP contribution in [0.2, 0.25) is 0 Å². The number of para-hydroxylation sites is 1. The normalized spacial score (nSPS) is 11.3. The Morgan fingerprint density at radius 1 is 1.09 bits per heavy atom. The lowest BCUT2D eigenvalue weighted by atomic mass is 9.96. The van der Waals surface area contributed by atoms with Crippen LogP contribution in [-0.2, 0) is 10.9 Å². The first-order valence-electron chi connectivity index (χ1n) is 6.35. The molecular formula is C16H13F3O3. The van der Waals surface area contributed by atoms with Crippen molar-refractivity contribution < 1.29 is 27.4 Å². The number of aldehydes is 1. The first kappa shape index (κ1) is 16.0. The van der Waals surface area contributed by atoms with Gasteiger partial charge in [0.25, 0.3) is 0 Å². The van der Waals surface area contributed by atoms with Crippen molar-refractivity contribution in [1.29, 1.82) is 0 Å². The molecule has 22 heavy (non-hydrogen) atoms. The number of ether oxygens (including phenoxy) is 2. The van der Waals surface area contributed by atoms with Crippen molar-refractivity contribution in [2.45, 2.75) is 6.18 Å². The van der Waals surface area contributed by atoms with Gasteiger partial charge in [0, 0.05) is 18.2 Å². The molecule has 2 aromatic carbocycles. The van der Waals surface area contributed by atoms with Crippen LogP contribution in [0.15, 0.2) is 42.5 Å². The molecule has 0 aliphatic heterocycles. The SMILES string of the molecule is COCOc1ccccc1-c1cc(C=O)ccc1C(F)(F)F. The van der Waals surface area contributed by atoms with E-state index in [0.29, 0.717) is 6.29 Å². The van der Waals surface area contributed by atoms with Crippen LogP contribution in [0, 0.1) is 0 Å². The largest absolute Gasteiger partial charge is 0.467 e. The topological polar surface area (TPSA) is 35.5 Å². The van der Waals surface area contributed by atoms with E-state index in [4.69, 9.17) is 9.47 Å². The van der Waals surface area contributed by atoms with Gasteiger partial charge in [-0.3, -0.25) is 4.79 Å². The Hall–Kier alpha value is -2.34. The van der Waals surface area contributed by atoms with E-state index in [-0.39, 0.29) is 29.2 Å². The fourth-order valence-corrected chi connectivity index (χ4v) is 2.04. The van der Waals surface area contributed by atoms with Gasteiger partial charge in [-0.15, -0.1) is 0 Å². The third kappa shape index (κ3) is 3.46. The standard InChI is InChI=1S/C16H13F3O3/c1-21-10-22-15-5-3-2-4-12(15)13-8-11(9-20)6-7-14(13)16(17,18)19/h2-9H,10H2,1H3. The molecule has 2 rings (SSSR count). The Morgan fingerprint density at radius 2 is 1.82 bits per heavy atom. The van der Waals surface area contributed by atoms with Gasteiger partial charge >= 0.3 is 6.18 Å². The van der Waals surface area contributed by atoms with Gasteiger partial charge in [0.15, 0.2) is 6.79 Å². The lowest BCUT2D eigenvalue weighted by Crippen LogP contribution is -2.08. The third-order valence-corrected chi connectivity index (χ3v) is 2.99. The second-order valence-electron chi connectivity index (χ2n) is 4.47. The average molecular weight is 310 g/mol. The minimum absolute atomic E-state index is 0.0915. The average Bonchev–Trinajstić information content (AvgIpc) is 2.51. The molecule has 0 atom stereocenters. The molecule has 0 bridgehead atoms. The van der Waals surface area contributed by atoms with E-state index >= 15 is 0 Å². The van der Waals surface area contributed by atoms with Crippen LogP contribution >= 0.6 is 0 Å². The zero-order valence-corrected chi connectivity index (χ0v) is 11.7. The number of halogens is 3. The maximum absolute atomic E-state index is 13.2. The van der Waals surface area contributed by atoms with Gasteiger partial charge in [0.05, 0.1) is 5.56 Å². The quantitative estimate of drug-likeness (QED) is 0.614. The summed E-state index contributed by atoms with van der Waals surface area (Å²) in [4.78, 5) is 10.9. The molecule has 0 heterocycles. The van der Waals surface area contributed by atoms with Gasteiger partial charge < -0.3 is 9.47 Å². The predicted octanol–water partition coefficient (Wildman–Crippen LogP) is 4.17. The van der Waals surface area contributed by atoms with Gasteiger partial charge in [0.2, 0.25) is 0 Å². The number of hydrogen-bond acceptors (Lipinski definition) is 3. The van der Waals surface area contributed by atoms with E-state index in [0.717, 1.165) is 12.1 Å². The van der Waals surface area contributed by atoms with E-state index < -0.39 is 11.7 Å². The summed E-state index contributed by atoms with van der Waals surface area (Å²) in [6.45, 7) is -0.0915. The van der Waals surface area contributed by atoms with Crippen LogP contribution in [0.4, 0.5) is 13.2 Å². The highest BCUT2D eigenvalue weighted by atomic mass is 19.4. The molecule has 0 amide bonds. The van der Waals surface area contributed by atoms with Crippen molar-refractivity contribution in [2.75, 3.05) is 13.9 Å². The van der Waals surface area contributed by atoms with Crippen LogP contribution in [-0.4, -0.2) is 20.2 Å². The Morgan fingerprint density at radius 3 is 2.45 bits per heavy atom. The molecule has 0 unspecified atom stereocenters. The summed E-state index contributed by atoms with van der Waals surface area (Å²) in [5, 5.41) is 0. The minimum Gasteiger partial charge on any atom is -0.467 e. The van der Waals surface area contributed by atoms with Crippen molar-refractivity contribution >= 4 is 6.29 Å². The molecular weight excluding hydrogens is 297 g/mol. The van der Waals surface area contributed by atoms with E-state index in [1.54, 1.807) is 18.2 Å². The third-order valence-electron chi connectivity index (χ3n) is 2.99. The second-order valence-corrected chi connectivity index (χ2v) is 4.47. The molecule has 0 fully saturated rings. The Balaban J connectivity index is 2.62. The van der Waals surface area contributed by atoms with Crippen molar-refractivity contribution in [3.8, 4) is 16.9 Å². The van der Waals surface area contributed by atoms with Crippen LogP contribution in [0.3, 0.4) is 0 Å². The van der Waals surface area contributed by atoms with E-state index in [1.807, 2.05) is 0 Å². The first-order valence-corrected chi connectivity index (χ1v) is 6.35. The minimum atomic E-state index is -4.54. The summed E-state index contributed by atoms with van der Waals surface area (Å²) in [5.41, 5.74) is -0.532. The maximum atomic E-state index is 13.2. The summed E-state index contributed by atoms with van der Waals surface area (Å²) in [6, 6.07) is 9.52. The predicted molar refractivity (Wildman–Crippen MR) is 74.8 cm³/mol. The van der Waals surface area contributed by atoms with Crippen molar-refractivity contribution in [3.05, 3.63) is 53.6 Å². The molecule has 0 aliphatic carbocycles. The van der Waals surface area contributed by atoms with E-state index in [1.165, 1.54) is 19.2 Å². The Labute approximate surface area is 125 Å². The number of rotatable bonds is 5. The number of carbonyl (C=O) groups excluding carboxylic acids is 1. The molecule has 0 saturated carbocycles. The zero-order valence-electron chi connectivity index (χ0n) is 11.7. The molecule has 2 aromatic rings. The van der Waals surface area contributed by atoms with Crippen LogP contribution in [0.1, 0.15) is 15.9 Å². The number of alkyl halides is 3. The van der Waals surface area contributed by atoms with Gasteiger partial charge in [0.1, 0.15) is 12.0 Å². The van der Waals surface area contributed by atoms with Crippen molar-refractivity contribution in [2.24, 2.45) is 0 Å². The summed E-state index contributed by atoms with van der Waals surface area (Å²) in [6.07, 6.45) is -4.03. The van der Waals surface area contributed by atoms with Crippen molar-refractivity contribution in [1.82, 2.24) is 0 Å². The first-order chi connectivity index (χ1) is 10.5. The Kier molecular flexibility index (Phi) is 4.82. The fourth-order valence-electron chi connectivity index (χ4n) is 2.04. The fraction of sp³-hybridized carbons (Fsp3) is 0.188. The number of hydrogen-bond donors (Lipinski definition) is 0. The molecule has 6 heteroatoms. The zero-order chi connectivity index (χ0) is 16.2. The molecule has 0 aliphatic rings. The summed E-state index contributed by atoms with van der Waals surface area (Å²) in [7, 11) is 1.41. The smallest absolute Gasteiger partial charge is 0.417 e. The number of benzene rings is 2. The monoisotopic (exact) mass is 310 g/mol. The maximum Gasteiger partial charge on any atom is 0.417 e. The van der Waals surface area contributed by atoms with Gasteiger partial charge in [-0.1, -0.05) is 24.3 Å². The summed E-state index contributed by atoms with van der Waals surface area (Å²) < 4.78 is 49.7. The molecule has 0 spiro atoms. The van der Waals surface area contributed by atoms with Gasteiger partial charge in [-0.05, 0) is 23.8 Å². The van der Waals surface area contributed by atoms with E-state index in [9.17, 15) is 18.0 Å². The van der Waals surface area contributed by atoms with E-state index in [2.05, 4.69) is 0 Å². The molecule has 3 nitrogen and oxygen atoms in total. The molecule has 0 saturated heterocycles. The molecule has 116 valence electrons. The molecule has 0 aromatic heterocycles. The van der Waals surface area contributed by atoms with Crippen molar-refractivity contribution in [3.63, 3.8) is 0 Å². The lowest BCUT2D eigenvalue weighted by molar-refractivity contribution is -0.137. The lowest BCUT2D eigenvalue weighted by Gasteiger charge is -2.16. The van der Waals surface area contributed by atoms with Crippen LogP contribution in [0.25, 0.3) is 11.1 Å². The highest BCUT2D eigenvalue weighted by molar-refractivity contribution is 5.82. The Bertz CT molecular complexity index is 666. The number of carbonyl (C=O) groups is 1. The number of methoxy groups -OCH3 is 1. The van der Waals surface area contributed by atoms with Crippen LogP contribution < -0.4 is 4.74 Å². The van der Waals surface area contributed by atoms with Gasteiger partial charge in [-0.2, -0.15) is 13.2 Å². The highest BCUT2D eigenvalue weighted by Crippen LogP contribution is 2.40. The molecule has 0 N–H and O–H groups in total. The highest BCUT2D eigenvalue weighted by Gasteiger charge is 2.34. The second kappa shape index (κ2) is 6.62. The summed E-state index contributed by atoms with van der Waals surface area (Å²) in [5.74, 6) is 0.248. The molecule has 0 radical (unpaired) electrons. The van der Waals surface area contributed by atoms with Gasteiger partial charge in [-0.25, -0.2) is 0 Å². The van der Waals surface area contributed by atoms with Crippen LogP contribution in [0.5, 0.6) is 5.75 Å². The summed E-state index contributed by atoms with van der Waals surface area (Å²) >= 11 is 0.